The molecule has 2 heterocycles. The zero-order valence-electron chi connectivity index (χ0n) is 13.8. The molecule has 5 heteroatoms. The summed E-state index contributed by atoms with van der Waals surface area (Å²) in [5.41, 5.74) is 4.55. The minimum atomic E-state index is -0.136. The number of urea groups is 1. The number of para-hydroxylation sites is 1. The van der Waals surface area contributed by atoms with Gasteiger partial charge in [-0.25, -0.2) is 4.79 Å². The Kier molecular flexibility index (Phi) is 5.11. The van der Waals surface area contributed by atoms with E-state index in [1.54, 1.807) is 6.20 Å². The van der Waals surface area contributed by atoms with E-state index in [9.17, 15) is 4.79 Å². The van der Waals surface area contributed by atoms with E-state index in [0.29, 0.717) is 13.1 Å². The third-order valence-electron chi connectivity index (χ3n) is 4.08. The summed E-state index contributed by atoms with van der Waals surface area (Å²) in [5.74, 6) is 0. The van der Waals surface area contributed by atoms with Crippen LogP contribution in [-0.4, -0.2) is 29.1 Å². The van der Waals surface area contributed by atoms with Gasteiger partial charge >= 0.3 is 6.03 Å². The van der Waals surface area contributed by atoms with Crippen molar-refractivity contribution in [2.75, 3.05) is 13.1 Å². The molecule has 2 amide bonds. The maximum atomic E-state index is 11.9. The zero-order chi connectivity index (χ0) is 16.8. The molecular weight excluding hydrogens is 300 g/mol. The molecule has 0 saturated carbocycles. The monoisotopic (exact) mass is 322 g/mol. The summed E-state index contributed by atoms with van der Waals surface area (Å²) in [4.78, 5) is 19.5. The van der Waals surface area contributed by atoms with Gasteiger partial charge in [-0.2, -0.15) is 0 Å². The number of carbonyl (C=O) groups is 1. The van der Waals surface area contributed by atoms with Crippen molar-refractivity contribution in [3.63, 3.8) is 0 Å². The first-order valence-electron chi connectivity index (χ1n) is 8.22. The summed E-state index contributed by atoms with van der Waals surface area (Å²) in [5, 5.41) is 7.01. The van der Waals surface area contributed by atoms with Gasteiger partial charge in [-0.3, -0.25) is 4.98 Å². The second-order valence-corrected chi connectivity index (χ2v) is 5.78. The van der Waals surface area contributed by atoms with Crippen LogP contribution >= 0.6 is 0 Å². The highest BCUT2D eigenvalue weighted by molar-refractivity contribution is 5.84. The van der Waals surface area contributed by atoms with E-state index < -0.39 is 0 Å². The van der Waals surface area contributed by atoms with Crippen LogP contribution in [0.3, 0.4) is 0 Å². The molecule has 0 bridgehead atoms. The number of H-pyrrole nitrogens is 1. The van der Waals surface area contributed by atoms with E-state index in [2.05, 4.69) is 39.7 Å². The molecule has 5 nitrogen and oxygen atoms in total. The summed E-state index contributed by atoms with van der Waals surface area (Å²) in [7, 11) is 0. The number of nitrogens with one attached hydrogen (secondary N) is 3. The highest BCUT2D eigenvalue weighted by Crippen LogP contribution is 2.21. The van der Waals surface area contributed by atoms with Crippen molar-refractivity contribution in [2.45, 2.75) is 19.8 Å². The third kappa shape index (κ3) is 3.93. The minimum absolute atomic E-state index is 0.136. The van der Waals surface area contributed by atoms with Crippen molar-refractivity contribution in [3.8, 4) is 0 Å². The molecule has 0 aliphatic carbocycles. The summed E-state index contributed by atoms with van der Waals surface area (Å²) < 4.78 is 0. The molecule has 0 unspecified atom stereocenters. The van der Waals surface area contributed by atoms with Crippen LogP contribution in [0.2, 0.25) is 0 Å². The number of hydrogen-bond donors (Lipinski definition) is 3. The molecule has 3 aromatic rings. The van der Waals surface area contributed by atoms with Crippen molar-refractivity contribution in [3.05, 3.63) is 65.6 Å². The van der Waals surface area contributed by atoms with Crippen molar-refractivity contribution in [2.24, 2.45) is 0 Å². The van der Waals surface area contributed by atoms with E-state index in [0.717, 1.165) is 29.7 Å². The number of pyridine rings is 1. The Morgan fingerprint density at radius 1 is 1.04 bits per heavy atom. The molecule has 2 aromatic heterocycles. The van der Waals surface area contributed by atoms with E-state index in [1.807, 2.05) is 30.3 Å². The van der Waals surface area contributed by atoms with Crippen molar-refractivity contribution in [1.82, 2.24) is 20.6 Å². The predicted molar refractivity (Wildman–Crippen MR) is 96.1 cm³/mol. The Morgan fingerprint density at radius 2 is 1.79 bits per heavy atom. The van der Waals surface area contributed by atoms with Gasteiger partial charge in [0, 0.05) is 48.0 Å². The number of benzene rings is 1. The van der Waals surface area contributed by atoms with E-state index in [4.69, 9.17) is 0 Å². The van der Waals surface area contributed by atoms with Gasteiger partial charge < -0.3 is 15.6 Å². The predicted octanol–water partition coefficient (Wildman–Crippen LogP) is 2.96. The number of aryl methyl sites for hydroxylation is 1. The number of fused-ring (bicyclic) bond motifs is 1. The largest absolute Gasteiger partial charge is 0.358 e. The van der Waals surface area contributed by atoms with Gasteiger partial charge in [-0.15, -0.1) is 0 Å². The molecule has 0 spiro atoms. The second kappa shape index (κ2) is 7.64. The van der Waals surface area contributed by atoms with Crippen molar-refractivity contribution >= 4 is 16.9 Å². The fraction of sp³-hybridized carbons (Fsp3) is 0.263. The van der Waals surface area contributed by atoms with Gasteiger partial charge in [0.1, 0.15) is 0 Å². The summed E-state index contributed by atoms with van der Waals surface area (Å²) in [6, 6.07) is 13.9. The van der Waals surface area contributed by atoms with E-state index in [1.165, 1.54) is 10.9 Å². The van der Waals surface area contributed by atoms with Crippen LogP contribution in [0.15, 0.2) is 48.7 Å². The zero-order valence-corrected chi connectivity index (χ0v) is 13.8. The molecule has 0 aliphatic heterocycles. The summed E-state index contributed by atoms with van der Waals surface area (Å²) in [6.07, 6.45) is 3.30. The molecule has 3 N–H and O–H groups in total. The quantitative estimate of drug-likeness (QED) is 0.653. The molecule has 3 rings (SSSR count). The van der Waals surface area contributed by atoms with Crippen molar-refractivity contribution in [1.29, 1.82) is 0 Å². The highest BCUT2D eigenvalue weighted by Gasteiger charge is 2.08. The molecule has 0 aliphatic rings. The molecule has 0 atom stereocenters. The van der Waals surface area contributed by atoms with Crippen LogP contribution in [0.5, 0.6) is 0 Å². The van der Waals surface area contributed by atoms with Gasteiger partial charge in [-0.1, -0.05) is 24.3 Å². The molecule has 0 fully saturated rings. The van der Waals surface area contributed by atoms with Crippen LogP contribution in [0.4, 0.5) is 4.79 Å². The molecule has 0 saturated heterocycles. The standard InChI is InChI=1S/C19H22N4O/c1-14-16(17-7-2-3-8-18(17)23-14)10-13-22-19(24)21-12-9-15-6-4-5-11-20-15/h2-8,11,23H,9-10,12-13H2,1H3,(H2,21,22,24). The number of carbonyl (C=O) groups excluding carboxylic acids is 1. The Morgan fingerprint density at radius 3 is 2.58 bits per heavy atom. The number of hydrogen-bond acceptors (Lipinski definition) is 2. The van der Waals surface area contributed by atoms with Crippen LogP contribution in [-0.2, 0) is 12.8 Å². The lowest BCUT2D eigenvalue weighted by Crippen LogP contribution is -2.37. The second-order valence-electron chi connectivity index (χ2n) is 5.78. The third-order valence-corrected chi connectivity index (χ3v) is 4.08. The van der Waals surface area contributed by atoms with Crippen LogP contribution in [0.25, 0.3) is 10.9 Å². The Hall–Kier alpha value is -2.82. The molecule has 0 radical (unpaired) electrons. The SMILES string of the molecule is Cc1[nH]c2ccccc2c1CCNC(=O)NCCc1ccccn1. The first-order chi connectivity index (χ1) is 11.7. The highest BCUT2D eigenvalue weighted by atomic mass is 16.2. The molecular formula is C19H22N4O. The van der Waals surface area contributed by atoms with E-state index in [-0.39, 0.29) is 6.03 Å². The van der Waals surface area contributed by atoms with E-state index >= 15 is 0 Å². The van der Waals surface area contributed by atoms with Gasteiger partial charge in [-0.05, 0) is 37.1 Å². The Labute approximate surface area is 141 Å². The lowest BCUT2D eigenvalue weighted by atomic mass is 10.1. The fourth-order valence-electron chi connectivity index (χ4n) is 2.87. The van der Waals surface area contributed by atoms with Gasteiger partial charge in [0.2, 0.25) is 0 Å². The minimum Gasteiger partial charge on any atom is -0.358 e. The summed E-state index contributed by atoms with van der Waals surface area (Å²) in [6.45, 7) is 3.26. The van der Waals surface area contributed by atoms with Gasteiger partial charge in [0.15, 0.2) is 0 Å². The van der Waals surface area contributed by atoms with Crippen LogP contribution < -0.4 is 10.6 Å². The number of amides is 2. The normalized spacial score (nSPS) is 10.7. The molecule has 1 aromatic carbocycles. The van der Waals surface area contributed by atoms with Gasteiger partial charge in [0.05, 0.1) is 0 Å². The first kappa shape index (κ1) is 16.1. The lowest BCUT2D eigenvalue weighted by Gasteiger charge is -2.08. The topological polar surface area (TPSA) is 69.8 Å². The molecule has 124 valence electrons. The van der Waals surface area contributed by atoms with Gasteiger partial charge in [0.25, 0.3) is 0 Å². The average molecular weight is 322 g/mol. The smallest absolute Gasteiger partial charge is 0.314 e. The average Bonchev–Trinajstić information content (AvgIpc) is 2.92. The fourth-order valence-corrected chi connectivity index (χ4v) is 2.87. The van der Waals surface area contributed by atoms with Crippen LogP contribution in [0, 0.1) is 6.92 Å². The molecule has 24 heavy (non-hydrogen) atoms. The number of aromatic amines is 1. The maximum Gasteiger partial charge on any atom is 0.314 e. The number of aromatic nitrogens is 2. The Bertz CT molecular complexity index is 811. The van der Waals surface area contributed by atoms with Crippen LogP contribution in [0.1, 0.15) is 17.0 Å². The maximum absolute atomic E-state index is 11.9. The summed E-state index contributed by atoms with van der Waals surface area (Å²) >= 11 is 0. The number of rotatable bonds is 6. The Balaban J connectivity index is 1.44. The number of nitrogens with zero attached hydrogens (tertiary/aromatic N) is 1. The first-order valence-corrected chi connectivity index (χ1v) is 8.22. The van der Waals surface area contributed by atoms with Crippen molar-refractivity contribution < 1.29 is 4.79 Å². The lowest BCUT2D eigenvalue weighted by molar-refractivity contribution is 0.241.